The Balaban J connectivity index is 2.36. The third-order valence-electron chi connectivity index (χ3n) is 3.62. The molecule has 0 aliphatic rings. The number of hydrogen-bond acceptors (Lipinski definition) is 3. The summed E-state index contributed by atoms with van der Waals surface area (Å²) in [5.74, 6) is 6.89. The van der Waals surface area contributed by atoms with Gasteiger partial charge in [-0.2, -0.15) is 0 Å². The molecular formula is C15H18ClFN2O. The Labute approximate surface area is 122 Å². The highest BCUT2D eigenvalue weighted by molar-refractivity contribution is 6.30. The van der Waals surface area contributed by atoms with Gasteiger partial charge in [0.25, 0.3) is 0 Å². The molecule has 0 bridgehead atoms. The molecule has 1 atom stereocenters. The predicted molar refractivity (Wildman–Crippen MR) is 78.1 cm³/mol. The van der Waals surface area contributed by atoms with Crippen molar-refractivity contribution < 1.29 is 8.81 Å². The zero-order valence-corrected chi connectivity index (χ0v) is 12.5. The Kier molecular flexibility index (Phi) is 4.48. The molecule has 0 spiro atoms. The number of hydrogen-bond donors (Lipinski definition) is 2. The second kappa shape index (κ2) is 5.95. The van der Waals surface area contributed by atoms with Crippen molar-refractivity contribution in [2.75, 3.05) is 0 Å². The number of nitrogens with two attached hydrogens (primary N) is 1. The minimum atomic E-state index is -0.398. The Morgan fingerprint density at radius 1 is 1.30 bits per heavy atom. The summed E-state index contributed by atoms with van der Waals surface area (Å²) < 4.78 is 19.6. The number of nitrogens with one attached hydrogen (secondary N) is 1. The van der Waals surface area contributed by atoms with Crippen LogP contribution in [0.25, 0.3) is 0 Å². The lowest BCUT2D eigenvalue weighted by Gasteiger charge is -2.17. The van der Waals surface area contributed by atoms with Gasteiger partial charge in [-0.1, -0.05) is 23.7 Å². The average molecular weight is 297 g/mol. The van der Waals surface area contributed by atoms with Gasteiger partial charge in [0.1, 0.15) is 17.3 Å². The van der Waals surface area contributed by atoms with Crippen LogP contribution in [0.4, 0.5) is 4.39 Å². The van der Waals surface area contributed by atoms with Crippen LogP contribution in [0.1, 0.15) is 34.3 Å². The van der Waals surface area contributed by atoms with E-state index in [9.17, 15) is 4.39 Å². The van der Waals surface area contributed by atoms with Gasteiger partial charge in [0, 0.05) is 5.56 Å². The van der Waals surface area contributed by atoms with Crippen LogP contribution in [0.3, 0.4) is 0 Å². The van der Waals surface area contributed by atoms with Gasteiger partial charge in [-0.25, -0.2) is 4.39 Å². The molecule has 0 aliphatic heterocycles. The Morgan fingerprint density at radius 2 is 2.00 bits per heavy atom. The van der Waals surface area contributed by atoms with Gasteiger partial charge in [0.05, 0.1) is 11.1 Å². The number of furan rings is 1. The SMILES string of the molecule is Cc1oc(C)c(C(Cc2cccc(Cl)c2F)NN)c1C. The zero-order valence-electron chi connectivity index (χ0n) is 11.8. The third-order valence-corrected chi connectivity index (χ3v) is 3.91. The summed E-state index contributed by atoms with van der Waals surface area (Å²) in [5, 5.41) is 0.120. The monoisotopic (exact) mass is 296 g/mol. The van der Waals surface area contributed by atoms with Crippen LogP contribution in [0.5, 0.6) is 0 Å². The van der Waals surface area contributed by atoms with Crippen molar-refractivity contribution in [2.24, 2.45) is 5.84 Å². The van der Waals surface area contributed by atoms with E-state index in [-0.39, 0.29) is 11.1 Å². The van der Waals surface area contributed by atoms with Crippen molar-refractivity contribution >= 4 is 11.6 Å². The summed E-state index contributed by atoms with van der Waals surface area (Å²) in [6, 6.07) is 4.75. The molecule has 2 aromatic rings. The molecule has 2 rings (SSSR count). The van der Waals surface area contributed by atoms with Crippen LogP contribution in [-0.4, -0.2) is 0 Å². The minimum Gasteiger partial charge on any atom is -0.466 e. The van der Waals surface area contributed by atoms with Gasteiger partial charge < -0.3 is 4.42 Å². The van der Waals surface area contributed by atoms with E-state index in [0.717, 1.165) is 22.6 Å². The fourth-order valence-corrected chi connectivity index (χ4v) is 2.69. The molecule has 0 amide bonds. The number of hydrazine groups is 1. The first kappa shape index (κ1) is 15.0. The summed E-state index contributed by atoms with van der Waals surface area (Å²) in [6.07, 6.45) is 0.406. The second-order valence-electron chi connectivity index (χ2n) is 4.89. The summed E-state index contributed by atoms with van der Waals surface area (Å²) in [4.78, 5) is 0. The van der Waals surface area contributed by atoms with Crippen LogP contribution in [-0.2, 0) is 6.42 Å². The van der Waals surface area contributed by atoms with Gasteiger partial charge in [-0.05, 0) is 44.4 Å². The lowest BCUT2D eigenvalue weighted by molar-refractivity contribution is 0.481. The minimum absolute atomic E-state index is 0.120. The largest absolute Gasteiger partial charge is 0.466 e. The molecule has 0 saturated carbocycles. The molecule has 108 valence electrons. The molecule has 3 nitrogen and oxygen atoms in total. The van der Waals surface area contributed by atoms with Gasteiger partial charge in [-0.3, -0.25) is 11.3 Å². The summed E-state index contributed by atoms with van der Waals surface area (Å²) in [7, 11) is 0. The predicted octanol–water partition coefficient (Wildman–Crippen LogP) is 3.74. The lowest BCUT2D eigenvalue weighted by Crippen LogP contribution is -2.30. The van der Waals surface area contributed by atoms with Crippen molar-refractivity contribution in [3.8, 4) is 0 Å². The lowest BCUT2D eigenvalue weighted by atomic mass is 9.96. The van der Waals surface area contributed by atoms with E-state index in [2.05, 4.69) is 5.43 Å². The number of halogens is 2. The zero-order chi connectivity index (χ0) is 14.9. The molecule has 20 heavy (non-hydrogen) atoms. The highest BCUT2D eigenvalue weighted by Gasteiger charge is 2.22. The van der Waals surface area contributed by atoms with E-state index < -0.39 is 5.82 Å². The number of benzene rings is 1. The molecule has 1 aromatic heterocycles. The van der Waals surface area contributed by atoms with E-state index in [1.54, 1.807) is 12.1 Å². The van der Waals surface area contributed by atoms with E-state index in [4.69, 9.17) is 21.9 Å². The molecule has 0 radical (unpaired) electrons. The summed E-state index contributed by atoms with van der Waals surface area (Å²) in [6.45, 7) is 5.76. The van der Waals surface area contributed by atoms with Crippen molar-refractivity contribution in [3.63, 3.8) is 0 Å². The summed E-state index contributed by atoms with van der Waals surface area (Å²) >= 11 is 5.81. The van der Waals surface area contributed by atoms with Crippen LogP contribution in [0.2, 0.25) is 5.02 Å². The maximum atomic E-state index is 14.0. The quantitative estimate of drug-likeness (QED) is 0.667. The van der Waals surface area contributed by atoms with E-state index >= 15 is 0 Å². The fourth-order valence-electron chi connectivity index (χ4n) is 2.49. The molecule has 1 unspecified atom stereocenters. The van der Waals surface area contributed by atoms with Gasteiger partial charge in [-0.15, -0.1) is 0 Å². The molecule has 0 saturated heterocycles. The van der Waals surface area contributed by atoms with Crippen molar-refractivity contribution in [1.82, 2.24) is 5.43 Å². The average Bonchev–Trinajstić information content (AvgIpc) is 2.66. The first-order valence-electron chi connectivity index (χ1n) is 6.41. The summed E-state index contributed by atoms with van der Waals surface area (Å²) in [5.41, 5.74) is 5.28. The van der Waals surface area contributed by atoms with Gasteiger partial charge in [0.15, 0.2) is 0 Å². The highest BCUT2D eigenvalue weighted by Crippen LogP contribution is 2.30. The highest BCUT2D eigenvalue weighted by atomic mass is 35.5. The van der Waals surface area contributed by atoms with E-state index in [1.165, 1.54) is 6.07 Å². The van der Waals surface area contributed by atoms with E-state index in [1.807, 2.05) is 20.8 Å². The molecule has 0 aliphatic carbocycles. The topological polar surface area (TPSA) is 51.2 Å². The molecule has 5 heteroatoms. The van der Waals surface area contributed by atoms with Crippen molar-refractivity contribution in [1.29, 1.82) is 0 Å². The Morgan fingerprint density at radius 3 is 2.55 bits per heavy atom. The Bertz CT molecular complexity index is 625. The third kappa shape index (κ3) is 2.73. The van der Waals surface area contributed by atoms with Crippen molar-refractivity contribution in [3.05, 3.63) is 57.2 Å². The molecule has 1 aromatic carbocycles. The smallest absolute Gasteiger partial charge is 0.145 e. The molecule has 0 fully saturated rings. The molecule has 1 heterocycles. The number of aryl methyl sites for hydroxylation is 2. The van der Waals surface area contributed by atoms with Crippen LogP contribution < -0.4 is 11.3 Å². The second-order valence-corrected chi connectivity index (χ2v) is 5.30. The molecule has 3 N–H and O–H groups in total. The van der Waals surface area contributed by atoms with Gasteiger partial charge in [0.2, 0.25) is 0 Å². The first-order valence-corrected chi connectivity index (χ1v) is 6.79. The van der Waals surface area contributed by atoms with Gasteiger partial charge >= 0.3 is 0 Å². The Hall–Kier alpha value is -1.36. The first-order chi connectivity index (χ1) is 9.45. The fraction of sp³-hybridized carbons (Fsp3) is 0.333. The number of rotatable bonds is 4. The van der Waals surface area contributed by atoms with Crippen LogP contribution >= 0.6 is 11.6 Å². The maximum absolute atomic E-state index is 14.0. The van der Waals surface area contributed by atoms with E-state index in [0.29, 0.717) is 12.0 Å². The van der Waals surface area contributed by atoms with Crippen LogP contribution in [0, 0.1) is 26.6 Å². The standard InChI is InChI=1S/C15H18ClFN2O/c1-8-9(2)20-10(3)14(8)13(19-18)7-11-5-4-6-12(16)15(11)17/h4-6,13,19H,7,18H2,1-3H3. The molecular weight excluding hydrogens is 279 g/mol. The van der Waals surface area contributed by atoms with Crippen LogP contribution in [0.15, 0.2) is 22.6 Å². The maximum Gasteiger partial charge on any atom is 0.145 e. The van der Waals surface area contributed by atoms with Crippen molar-refractivity contribution in [2.45, 2.75) is 33.2 Å². The normalized spacial score (nSPS) is 12.7.